The molecule has 2 rings (SSSR count). The molecule has 0 saturated heterocycles. The Balaban J connectivity index is 2.33. The molecule has 20 heavy (non-hydrogen) atoms. The fraction of sp³-hybridized carbons (Fsp3) is 0.231. The number of thiophene rings is 1. The average Bonchev–Trinajstić information content (AvgIpc) is 2.72. The highest BCUT2D eigenvalue weighted by Crippen LogP contribution is 2.28. The van der Waals surface area contributed by atoms with Crippen molar-refractivity contribution >= 4 is 17.0 Å². The van der Waals surface area contributed by atoms with Crippen molar-refractivity contribution in [3.63, 3.8) is 0 Å². The summed E-state index contributed by atoms with van der Waals surface area (Å²) in [6.07, 6.45) is 0. The summed E-state index contributed by atoms with van der Waals surface area (Å²) in [6.45, 7) is 3.65. The van der Waals surface area contributed by atoms with Gasteiger partial charge in [0.1, 0.15) is 5.69 Å². The van der Waals surface area contributed by atoms with E-state index >= 15 is 0 Å². The third-order valence-electron chi connectivity index (χ3n) is 2.81. The van der Waals surface area contributed by atoms with Gasteiger partial charge >= 0.3 is 0 Å². The summed E-state index contributed by atoms with van der Waals surface area (Å²) in [4.78, 5) is 1.91. The smallest absolute Gasteiger partial charge is 0.200 e. The first-order chi connectivity index (χ1) is 9.32. The van der Waals surface area contributed by atoms with Gasteiger partial charge in [0.2, 0.25) is 5.82 Å². The van der Waals surface area contributed by atoms with Crippen LogP contribution in [0.15, 0.2) is 6.07 Å². The highest BCUT2D eigenvalue weighted by atomic mass is 32.1. The zero-order valence-corrected chi connectivity index (χ0v) is 11.4. The second-order valence-corrected chi connectivity index (χ2v) is 5.70. The van der Waals surface area contributed by atoms with Gasteiger partial charge in [0.05, 0.1) is 0 Å². The Hall–Kier alpha value is -1.63. The summed E-state index contributed by atoms with van der Waals surface area (Å²) < 4.78 is 65.8. The maximum Gasteiger partial charge on any atom is 0.200 e. The highest BCUT2D eigenvalue weighted by molar-refractivity contribution is 7.12. The van der Waals surface area contributed by atoms with Crippen molar-refractivity contribution in [3.8, 4) is 0 Å². The zero-order valence-electron chi connectivity index (χ0n) is 10.6. The average molecular weight is 307 g/mol. The van der Waals surface area contributed by atoms with Crippen LogP contribution in [0.3, 0.4) is 0 Å². The molecule has 1 aromatic heterocycles. The number of hydrogen-bond acceptors (Lipinski definition) is 2. The summed E-state index contributed by atoms with van der Waals surface area (Å²) in [5.74, 6) is -9.78. The monoisotopic (exact) mass is 307 g/mol. The number of halogens is 5. The Kier molecular flexibility index (Phi) is 3.99. The molecule has 0 aliphatic carbocycles. The Morgan fingerprint density at radius 3 is 1.85 bits per heavy atom. The van der Waals surface area contributed by atoms with Gasteiger partial charge in [-0.1, -0.05) is 0 Å². The molecule has 0 radical (unpaired) electrons. The zero-order chi connectivity index (χ0) is 15.0. The fourth-order valence-corrected chi connectivity index (χ4v) is 2.75. The van der Waals surface area contributed by atoms with Gasteiger partial charge in [-0.25, -0.2) is 22.0 Å². The fourth-order valence-electron chi connectivity index (χ4n) is 1.80. The number of benzene rings is 1. The van der Waals surface area contributed by atoms with E-state index in [9.17, 15) is 22.0 Å². The van der Waals surface area contributed by atoms with Gasteiger partial charge in [0.25, 0.3) is 0 Å². The van der Waals surface area contributed by atoms with Crippen molar-refractivity contribution in [3.05, 3.63) is 50.5 Å². The molecule has 0 spiro atoms. The Morgan fingerprint density at radius 2 is 1.40 bits per heavy atom. The molecule has 0 fully saturated rings. The number of nitrogens with one attached hydrogen (secondary N) is 1. The van der Waals surface area contributed by atoms with Crippen LogP contribution in [0.2, 0.25) is 0 Å². The molecule has 0 aliphatic heterocycles. The molecule has 0 unspecified atom stereocenters. The van der Waals surface area contributed by atoms with E-state index < -0.39 is 34.8 Å². The van der Waals surface area contributed by atoms with Crippen molar-refractivity contribution in [2.24, 2.45) is 0 Å². The molecule has 1 nitrogen and oxygen atoms in total. The third-order valence-corrected chi connectivity index (χ3v) is 3.82. The molecule has 0 saturated carbocycles. The first-order valence-electron chi connectivity index (χ1n) is 5.64. The van der Waals surface area contributed by atoms with Gasteiger partial charge in [-0.05, 0) is 25.5 Å². The number of anilines is 1. The van der Waals surface area contributed by atoms with Crippen LogP contribution in [0.1, 0.15) is 15.3 Å². The molecule has 7 heteroatoms. The molecule has 1 aromatic carbocycles. The highest BCUT2D eigenvalue weighted by Gasteiger charge is 2.25. The predicted octanol–water partition coefficient (Wildman–Crippen LogP) is 4.67. The van der Waals surface area contributed by atoms with Crippen molar-refractivity contribution < 1.29 is 22.0 Å². The quantitative estimate of drug-likeness (QED) is 0.493. The van der Waals surface area contributed by atoms with Crippen LogP contribution in [0.25, 0.3) is 0 Å². The van der Waals surface area contributed by atoms with Gasteiger partial charge in [0, 0.05) is 16.3 Å². The van der Waals surface area contributed by atoms with E-state index in [1.54, 1.807) is 6.07 Å². The van der Waals surface area contributed by atoms with Gasteiger partial charge in [-0.3, -0.25) is 0 Å². The number of hydrogen-bond donors (Lipinski definition) is 1. The van der Waals surface area contributed by atoms with Crippen LogP contribution in [0.4, 0.5) is 27.6 Å². The van der Waals surface area contributed by atoms with Gasteiger partial charge < -0.3 is 5.32 Å². The molecule has 0 bridgehead atoms. The van der Waals surface area contributed by atoms with E-state index in [0.29, 0.717) is 0 Å². The minimum absolute atomic E-state index is 0.0193. The Morgan fingerprint density at radius 1 is 0.900 bits per heavy atom. The SMILES string of the molecule is Cc1cc(CNc2c(F)c(F)c(F)c(F)c2F)c(C)s1. The molecule has 1 heterocycles. The van der Waals surface area contributed by atoms with Crippen LogP contribution in [-0.4, -0.2) is 0 Å². The van der Waals surface area contributed by atoms with Crippen LogP contribution < -0.4 is 5.32 Å². The molecule has 0 atom stereocenters. The lowest BCUT2D eigenvalue weighted by atomic mass is 10.2. The van der Waals surface area contributed by atoms with Crippen molar-refractivity contribution in [1.82, 2.24) is 0 Å². The summed E-state index contributed by atoms with van der Waals surface area (Å²) in [5, 5.41) is 2.27. The van der Waals surface area contributed by atoms with Crippen LogP contribution in [0, 0.1) is 42.9 Å². The minimum Gasteiger partial charge on any atom is -0.376 e. The number of rotatable bonds is 3. The lowest BCUT2D eigenvalue weighted by molar-refractivity contribution is 0.381. The van der Waals surface area contributed by atoms with E-state index in [0.717, 1.165) is 15.3 Å². The van der Waals surface area contributed by atoms with Crippen molar-refractivity contribution in [1.29, 1.82) is 0 Å². The summed E-state index contributed by atoms with van der Waals surface area (Å²) in [6, 6.07) is 1.79. The van der Waals surface area contributed by atoms with E-state index in [1.165, 1.54) is 11.3 Å². The van der Waals surface area contributed by atoms with Crippen LogP contribution in [0.5, 0.6) is 0 Å². The lowest BCUT2D eigenvalue weighted by Gasteiger charge is -2.10. The molecule has 108 valence electrons. The Labute approximate surface area is 116 Å². The van der Waals surface area contributed by atoms with Gasteiger partial charge in [-0.2, -0.15) is 0 Å². The summed E-state index contributed by atoms with van der Waals surface area (Å²) >= 11 is 1.49. The first kappa shape index (κ1) is 14.8. The molecule has 2 aromatic rings. The van der Waals surface area contributed by atoms with E-state index in [2.05, 4.69) is 5.32 Å². The van der Waals surface area contributed by atoms with Crippen LogP contribution >= 0.6 is 11.3 Å². The molecule has 0 amide bonds. The summed E-state index contributed by atoms with van der Waals surface area (Å²) in [7, 11) is 0. The number of aryl methyl sites for hydroxylation is 2. The molecule has 1 N–H and O–H groups in total. The normalized spacial score (nSPS) is 10.9. The van der Waals surface area contributed by atoms with Gasteiger partial charge in [-0.15, -0.1) is 11.3 Å². The van der Waals surface area contributed by atoms with E-state index in [-0.39, 0.29) is 6.54 Å². The summed E-state index contributed by atoms with van der Waals surface area (Å²) in [5.41, 5.74) is -0.263. The second kappa shape index (κ2) is 5.40. The van der Waals surface area contributed by atoms with E-state index in [1.807, 2.05) is 13.8 Å². The standard InChI is InChI=1S/C13H10F5NS/c1-5-3-7(6(2)20-5)4-19-13-11(17)9(15)8(14)10(16)12(13)18/h3,19H,4H2,1-2H3. The molecule has 0 aliphatic rings. The first-order valence-corrected chi connectivity index (χ1v) is 6.45. The van der Waals surface area contributed by atoms with Gasteiger partial charge in [0.15, 0.2) is 23.3 Å². The largest absolute Gasteiger partial charge is 0.376 e. The third kappa shape index (κ3) is 2.49. The maximum absolute atomic E-state index is 13.4. The minimum atomic E-state index is -2.16. The van der Waals surface area contributed by atoms with E-state index in [4.69, 9.17) is 0 Å². The van der Waals surface area contributed by atoms with Crippen molar-refractivity contribution in [2.45, 2.75) is 20.4 Å². The molecular weight excluding hydrogens is 297 g/mol. The second-order valence-electron chi connectivity index (χ2n) is 4.24. The molecular formula is C13H10F5NS. The lowest BCUT2D eigenvalue weighted by Crippen LogP contribution is -2.09. The van der Waals surface area contributed by atoms with Crippen LogP contribution in [-0.2, 0) is 6.54 Å². The maximum atomic E-state index is 13.4. The topological polar surface area (TPSA) is 12.0 Å². The van der Waals surface area contributed by atoms with Crippen molar-refractivity contribution in [2.75, 3.05) is 5.32 Å². The predicted molar refractivity (Wildman–Crippen MR) is 67.4 cm³/mol. The Bertz CT molecular complexity index is 636.